The van der Waals surface area contributed by atoms with Crippen LogP contribution in [0.25, 0.3) is 16.9 Å². The smallest absolute Gasteiger partial charge is 0.247 e. The molecule has 146 valence electrons. The standard InChI is InChI=1S/C17H20N10.ClH/c1-25-10-12(8-20-25)15-16-23-17(24-26(16)7-6-19-15)22-13-9-21-27(11-13)14-2-4-18-5-3-14;/h6-11,14,18H,2-5H2,1H3,(H,22,24);1H. The highest BCUT2D eigenvalue weighted by molar-refractivity contribution is 5.85. The molecule has 1 aliphatic heterocycles. The fourth-order valence-corrected chi connectivity index (χ4v) is 3.42. The minimum absolute atomic E-state index is 0. The Morgan fingerprint density at radius 1 is 1.14 bits per heavy atom. The van der Waals surface area contributed by atoms with Gasteiger partial charge in [0.25, 0.3) is 0 Å². The van der Waals surface area contributed by atoms with Crippen LogP contribution in [0.1, 0.15) is 18.9 Å². The Hall–Kier alpha value is -2.98. The number of aryl methyl sites for hydroxylation is 1. The lowest BCUT2D eigenvalue weighted by molar-refractivity contribution is 0.343. The maximum absolute atomic E-state index is 4.61. The normalized spacial score (nSPS) is 14.9. The molecule has 1 saturated heterocycles. The Morgan fingerprint density at radius 2 is 2.00 bits per heavy atom. The molecule has 0 aliphatic carbocycles. The van der Waals surface area contributed by atoms with E-state index in [0.717, 1.165) is 42.9 Å². The van der Waals surface area contributed by atoms with E-state index in [1.165, 1.54) is 0 Å². The van der Waals surface area contributed by atoms with E-state index < -0.39 is 0 Å². The van der Waals surface area contributed by atoms with E-state index in [0.29, 0.717) is 17.6 Å². The van der Waals surface area contributed by atoms with Gasteiger partial charge in [-0.15, -0.1) is 17.5 Å². The predicted octanol–water partition coefficient (Wildman–Crippen LogP) is 1.81. The lowest BCUT2D eigenvalue weighted by atomic mass is 10.1. The minimum atomic E-state index is 0. The maximum atomic E-state index is 4.61. The highest BCUT2D eigenvalue weighted by Crippen LogP contribution is 2.23. The van der Waals surface area contributed by atoms with E-state index >= 15 is 0 Å². The highest BCUT2D eigenvalue weighted by Gasteiger charge is 2.17. The molecule has 0 bridgehead atoms. The number of rotatable bonds is 4. The Labute approximate surface area is 167 Å². The maximum Gasteiger partial charge on any atom is 0.247 e. The second-order valence-corrected chi connectivity index (χ2v) is 6.70. The number of hydrogen-bond acceptors (Lipinski definition) is 7. The van der Waals surface area contributed by atoms with Crippen LogP contribution in [0.3, 0.4) is 0 Å². The summed E-state index contributed by atoms with van der Waals surface area (Å²) in [7, 11) is 1.88. The average Bonchev–Trinajstić information content (AvgIpc) is 3.41. The summed E-state index contributed by atoms with van der Waals surface area (Å²) >= 11 is 0. The van der Waals surface area contributed by atoms with E-state index in [4.69, 9.17) is 0 Å². The van der Waals surface area contributed by atoms with E-state index in [1.54, 1.807) is 27.8 Å². The van der Waals surface area contributed by atoms with Crippen molar-refractivity contribution in [3.05, 3.63) is 37.2 Å². The van der Waals surface area contributed by atoms with Crippen LogP contribution >= 0.6 is 12.4 Å². The fraction of sp³-hybridized carbons (Fsp3) is 0.353. The number of piperidine rings is 1. The number of nitrogens with zero attached hydrogens (tertiary/aromatic N) is 8. The van der Waals surface area contributed by atoms with Crippen LogP contribution in [-0.4, -0.2) is 52.2 Å². The summed E-state index contributed by atoms with van der Waals surface area (Å²) in [5, 5.41) is 19.8. The molecule has 4 aromatic heterocycles. The third-order valence-electron chi connectivity index (χ3n) is 4.77. The Bertz CT molecular complexity index is 1070. The van der Waals surface area contributed by atoms with Gasteiger partial charge in [0.05, 0.1) is 24.1 Å². The van der Waals surface area contributed by atoms with Crippen LogP contribution in [-0.2, 0) is 7.05 Å². The Morgan fingerprint density at radius 3 is 2.79 bits per heavy atom. The van der Waals surface area contributed by atoms with E-state index in [-0.39, 0.29) is 12.4 Å². The molecule has 2 N–H and O–H groups in total. The van der Waals surface area contributed by atoms with Gasteiger partial charge in [-0.2, -0.15) is 15.2 Å². The summed E-state index contributed by atoms with van der Waals surface area (Å²) in [6, 6.07) is 0.442. The van der Waals surface area contributed by atoms with Gasteiger partial charge >= 0.3 is 0 Å². The monoisotopic (exact) mass is 400 g/mol. The van der Waals surface area contributed by atoms with Crippen LogP contribution in [0.5, 0.6) is 0 Å². The van der Waals surface area contributed by atoms with Crippen molar-refractivity contribution in [2.24, 2.45) is 7.05 Å². The summed E-state index contributed by atoms with van der Waals surface area (Å²) in [5.41, 5.74) is 3.21. The van der Waals surface area contributed by atoms with Gasteiger partial charge in [0.2, 0.25) is 5.95 Å². The number of fused-ring (bicyclic) bond motifs is 1. The van der Waals surface area contributed by atoms with E-state index in [9.17, 15) is 0 Å². The average molecular weight is 401 g/mol. The van der Waals surface area contributed by atoms with Gasteiger partial charge in [-0.3, -0.25) is 14.3 Å². The van der Waals surface area contributed by atoms with Gasteiger partial charge in [-0.05, 0) is 25.9 Å². The first-order valence-corrected chi connectivity index (χ1v) is 8.98. The molecule has 0 spiro atoms. The van der Waals surface area contributed by atoms with E-state index in [1.807, 2.05) is 30.3 Å². The summed E-state index contributed by atoms with van der Waals surface area (Å²) < 4.78 is 5.49. The molecule has 0 aromatic carbocycles. The van der Waals surface area contributed by atoms with Gasteiger partial charge in [0.1, 0.15) is 5.69 Å². The molecule has 28 heavy (non-hydrogen) atoms. The van der Waals surface area contributed by atoms with Gasteiger partial charge in [-0.1, -0.05) is 0 Å². The third-order valence-corrected chi connectivity index (χ3v) is 4.77. The zero-order valence-electron chi connectivity index (χ0n) is 15.4. The van der Waals surface area contributed by atoms with Gasteiger partial charge < -0.3 is 10.6 Å². The second-order valence-electron chi connectivity index (χ2n) is 6.70. The van der Waals surface area contributed by atoms with Crippen LogP contribution < -0.4 is 10.6 Å². The molecule has 1 aliphatic rings. The fourth-order valence-electron chi connectivity index (χ4n) is 3.42. The number of halogens is 1. The molecule has 0 radical (unpaired) electrons. The molecular formula is C17H21ClN10. The molecule has 0 atom stereocenters. The molecule has 1 fully saturated rings. The Balaban J connectivity index is 0.00000192. The lowest BCUT2D eigenvalue weighted by Gasteiger charge is -2.22. The second kappa shape index (κ2) is 7.56. The van der Waals surface area contributed by atoms with Crippen molar-refractivity contribution in [3.8, 4) is 11.3 Å². The lowest BCUT2D eigenvalue weighted by Crippen LogP contribution is -2.29. The van der Waals surface area contributed by atoms with Crippen molar-refractivity contribution in [3.63, 3.8) is 0 Å². The largest absolute Gasteiger partial charge is 0.320 e. The molecule has 10 nitrogen and oxygen atoms in total. The minimum Gasteiger partial charge on any atom is -0.320 e. The first kappa shape index (κ1) is 18.4. The van der Waals surface area contributed by atoms with E-state index in [2.05, 4.69) is 35.9 Å². The van der Waals surface area contributed by atoms with Gasteiger partial charge in [0.15, 0.2) is 5.65 Å². The number of hydrogen-bond donors (Lipinski definition) is 2. The Kier molecular flexibility index (Phi) is 4.97. The molecule has 11 heteroatoms. The van der Waals surface area contributed by atoms with Crippen molar-refractivity contribution in [2.45, 2.75) is 18.9 Å². The number of aromatic nitrogens is 8. The zero-order chi connectivity index (χ0) is 18.2. The zero-order valence-corrected chi connectivity index (χ0v) is 16.2. The van der Waals surface area contributed by atoms with Crippen molar-refractivity contribution in [2.75, 3.05) is 18.4 Å². The van der Waals surface area contributed by atoms with Crippen molar-refractivity contribution >= 4 is 29.7 Å². The molecule has 5 rings (SSSR count). The summed E-state index contributed by atoms with van der Waals surface area (Å²) in [6.45, 7) is 2.07. The summed E-state index contributed by atoms with van der Waals surface area (Å²) in [6.07, 6.45) is 13.2. The number of nitrogens with one attached hydrogen (secondary N) is 2. The molecule has 0 saturated carbocycles. The predicted molar refractivity (Wildman–Crippen MR) is 107 cm³/mol. The molecule has 4 aromatic rings. The summed E-state index contributed by atoms with van der Waals surface area (Å²) in [5.74, 6) is 0.512. The first-order valence-electron chi connectivity index (χ1n) is 8.98. The van der Waals surface area contributed by atoms with Crippen molar-refractivity contribution in [1.82, 2.24) is 44.5 Å². The van der Waals surface area contributed by atoms with Crippen LogP contribution in [0.2, 0.25) is 0 Å². The number of anilines is 2. The first-order chi connectivity index (χ1) is 13.3. The van der Waals surface area contributed by atoms with Crippen molar-refractivity contribution < 1.29 is 0 Å². The molecule has 0 unspecified atom stereocenters. The van der Waals surface area contributed by atoms with Gasteiger partial charge in [-0.25, -0.2) is 4.52 Å². The van der Waals surface area contributed by atoms with Gasteiger partial charge in [0, 0.05) is 37.4 Å². The highest BCUT2D eigenvalue weighted by atomic mass is 35.5. The van der Waals surface area contributed by atoms with Crippen LogP contribution in [0.15, 0.2) is 37.2 Å². The molecule has 5 heterocycles. The van der Waals surface area contributed by atoms with Crippen LogP contribution in [0.4, 0.5) is 11.6 Å². The van der Waals surface area contributed by atoms with Crippen LogP contribution in [0, 0.1) is 0 Å². The quantitative estimate of drug-likeness (QED) is 0.538. The molecular weight excluding hydrogens is 380 g/mol. The summed E-state index contributed by atoms with van der Waals surface area (Å²) in [4.78, 5) is 9.06. The third kappa shape index (κ3) is 3.43. The van der Waals surface area contributed by atoms with Crippen molar-refractivity contribution in [1.29, 1.82) is 0 Å². The molecule has 0 amide bonds. The SMILES string of the molecule is Cl.Cn1cc(-c2nccn3nc(Nc4cnn(C5CCNCC5)c4)nc23)cn1. The topological polar surface area (TPSA) is 103 Å².